The summed E-state index contributed by atoms with van der Waals surface area (Å²) in [6.45, 7) is 0. The molecule has 286 valence electrons. The highest BCUT2D eigenvalue weighted by Gasteiger charge is 2.17. The number of hydrogen-bond acceptors (Lipinski definition) is 0. The molecule has 13 aromatic rings. The van der Waals surface area contributed by atoms with Crippen LogP contribution in [0.4, 0.5) is 0 Å². The second-order valence-electron chi connectivity index (χ2n) is 16.8. The summed E-state index contributed by atoms with van der Waals surface area (Å²) < 4.78 is 0. The third-order valence-corrected chi connectivity index (χ3v) is 13.3. The summed E-state index contributed by atoms with van der Waals surface area (Å²) in [4.78, 5) is 0. The van der Waals surface area contributed by atoms with Crippen molar-refractivity contribution in [3.63, 3.8) is 0 Å². The lowest BCUT2D eigenvalue weighted by Crippen LogP contribution is -1.91. The SMILES string of the molecule is c1ccc(-c2cccc(-c3cc(-c4cccc(-c5ccc6ccc7cccc8ccc5c6c78)c4)ccc3-c3cccc(-c4ccc5ccc6cccc7ccc4c5c67)c3)c2)cc1. The Morgan fingerprint density at radius 1 is 0.161 bits per heavy atom. The number of benzene rings is 13. The molecule has 62 heavy (non-hydrogen) atoms. The molecule has 0 radical (unpaired) electrons. The topological polar surface area (TPSA) is 0 Å². The summed E-state index contributed by atoms with van der Waals surface area (Å²) >= 11 is 0. The molecule has 0 spiro atoms. The van der Waals surface area contributed by atoms with Gasteiger partial charge in [-0.15, -0.1) is 0 Å². The van der Waals surface area contributed by atoms with Crippen LogP contribution in [0.2, 0.25) is 0 Å². The fraction of sp³-hybridized carbons (Fsp3) is 0. The van der Waals surface area contributed by atoms with Gasteiger partial charge >= 0.3 is 0 Å². The highest BCUT2D eigenvalue weighted by molar-refractivity contribution is 6.26. The smallest absolute Gasteiger partial charge is 0.00206 e. The monoisotopic (exact) mass is 782 g/mol. The van der Waals surface area contributed by atoms with Crippen molar-refractivity contribution in [1.82, 2.24) is 0 Å². The van der Waals surface area contributed by atoms with Gasteiger partial charge in [-0.05, 0) is 156 Å². The van der Waals surface area contributed by atoms with E-state index in [-0.39, 0.29) is 0 Å². The van der Waals surface area contributed by atoms with Crippen molar-refractivity contribution in [2.24, 2.45) is 0 Å². The maximum atomic E-state index is 2.41. The quantitative estimate of drug-likeness (QED) is 0.147. The minimum Gasteiger partial charge on any atom is -0.0622 e. The van der Waals surface area contributed by atoms with E-state index < -0.39 is 0 Å². The molecular weight excluding hydrogens is 745 g/mol. The van der Waals surface area contributed by atoms with Crippen molar-refractivity contribution in [2.75, 3.05) is 0 Å². The molecule has 0 bridgehead atoms. The lowest BCUT2D eigenvalue weighted by molar-refractivity contribution is 1.55. The Hall–Kier alpha value is -8.06. The van der Waals surface area contributed by atoms with Gasteiger partial charge in [-0.1, -0.05) is 206 Å². The van der Waals surface area contributed by atoms with Gasteiger partial charge in [-0.2, -0.15) is 0 Å². The highest BCUT2D eigenvalue weighted by Crippen LogP contribution is 2.44. The number of hydrogen-bond donors (Lipinski definition) is 0. The molecule has 13 rings (SSSR count). The predicted molar refractivity (Wildman–Crippen MR) is 266 cm³/mol. The maximum absolute atomic E-state index is 2.41. The van der Waals surface area contributed by atoms with Gasteiger partial charge in [0.25, 0.3) is 0 Å². The molecule has 0 amide bonds. The van der Waals surface area contributed by atoms with Gasteiger partial charge < -0.3 is 0 Å². The summed E-state index contributed by atoms with van der Waals surface area (Å²) in [5.41, 5.74) is 14.6. The van der Waals surface area contributed by atoms with E-state index in [1.165, 1.54) is 131 Å². The second kappa shape index (κ2) is 13.7. The largest absolute Gasteiger partial charge is 0.0622 e. The van der Waals surface area contributed by atoms with Crippen molar-refractivity contribution in [2.45, 2.75) is 0 Å². The van der Waals surface area contributed by atoms with Crippen LogP contribution in [0.25, 0.3) is 131 Å². The number of rotatable bonds is 6. The van der Waals surface area contributed by atoms with Crippen molar-refractivity contribution < 1.29 is 0 Å². The lowest BCUT2D eigenvalue weighted by atomic mass is 9.86. The Morgan fingerprint density at radius 3 is 1.03 bits per heavy atom. The fourth-order valence-electron chi connectivity index (χ4n) is 10.4. The molecule has 0 nitrogen and oxygen atoms in total. The predicted octanol–water partition coefficient (Wildman–Crippen LogP) is 17.5. The molecule has 0 heterocycles. The second-order valence-corrected chi connectivity index (χ2v) is 16.8. The molecule has 13 aromatic carbocycles. The van der Waals surface area contributed by atoms with Crippen LogP contribution < -0.4 is 0 Å². The Kier molecular flexibility index (Phi) is 7.71. The minimum atomic E-state index is 1.19. The molecule has 0 atom stereocenters. The Morgan fingerprint density at radius 2 is 0.500 bits per heavy atom. The Labute approximate surface area is 360 Å². The van der Waals surface area contributed by atoms with Gasteiger partial charge in [-0.25, -0.2) is 0 Å². The van der Waals surface area contributed by atoms with Crippen LogP contribution >= 0.6 is 0 Å². The highest BCUT2D eigenvalue weighted by atomic mass is 14.2. The third-order valence-electron chi connectivity index (χ3n) is 13.3. The molecule has 0 fully saturated rings. The lowest BCUT2D eigenvalue weighted by Gasteiger charge is -2.17. The summed E-state index contributed by atoms with van der Waals surface area (Å²) in [5.74, 6) is 0. The standard InChI is InChI=1S/C62H38/c1-2-9-39(10-3-1)46-15-6-20-52(35-46)58-38-48(47-16-7-17-49(36-47)53-30-25-44-23-21-40-11-4-13-42-27-33-56(53)61(44)59(40)42)29-32-55(58)51-19-8-18-50(37-51)54-31-26-45-24-22-41-12-5-14-43-28-34-57(54)62(45)60(41)43/h1-38H. The van der Waals surface area contributed by atoms with E-state index in [0.717, 1.165) is 0 Å². The van der Waals surface area contributed by atoms with Gasteiger partial charge in [-0.3, -0.25) is 0 Å². The Balaban J connectivity index is 0.968. The van der Waals surface area contributed by atoms with E-state index in [1.807, 2.05) is 0 Å². The first kappa shape index (κ1) is 34.8. The van der Waals surface area contributed by atoms with Crippen LogP contribution in [-0.2, 0) is 0 Å². The van der Waals surface area contributed by atoms with Gasteiger partial charge in [0, 0.05) is 0 Å². The maximum Gasteiger partial charge on any atom is -0.00206 e. The van der Waals surface area contributed by atoms with Gasteiger partial charge in [0.05, 0.1) is 0 Å². The van der Waals surface area contributed by atoms with Crippen LogP contribution in [0, 0.1) is 0 Å². The molecule has 0 saturated carbocycles. The third kappa shape index (κ3) is 5.47. The first-order chi connectivity index (χ1) is 30.7. The zero-order valence-electron chi connectivity index (χ0n) is 33.9. The summed E-state index contributed by atoms with van der Waals surface area (Å²) in [5, 5.41) is 15.7. The fourth-order valence-corrected chi connectivity index (χ4v) is 10.4. The van der Waals surface area contributed by atoms with Crippen LogP contribution in [-0.4, -0.2) is 0 Å². The van der Waals surface area contributed by atoms with E-state index in [9.17, 15) is 0 Å². The molecule has 0 unspecified atom stereocenters. The first-order valence-corrected chi connectivity index (χ1v) is 21.6. The molecule has 0 aromatic heterocycles. The molecule has 0 aliphatic carbocycles. The normalized spacial score (nSPS) is 11.9. The first-order valence-electron chi connectivity index (χ1n) is 21.6. The van der Waals surface area contributed by atoms with Gasteiger partial charge in [0.1, 0.15) is 0 Å². The molecule has 0 aliphatic heterocycles. The van der Waals surface area contributed by atoms with E-state index in [2.05, 4.69) is 231 Å². The molecular formula is C62H38. The van der Waals surface area contributed by atoms with Crippen LogP contribution in [0.5, 0.6) is 0 Å². The van der Waals surface area contributed by atoms with E-state index in [4.69, 9.17) is 0 Å². The van der Waals surface area contributed by atoms with E-state index in [0.29, 0.717) is 0 Å². The van der Waals surface area contributed by atoms with Crippen molar-refractivity contribution in [1.29, 1.82) is 0 Å². The Bertz CT molecular complexity index is 3820. The summed E-state index contributed by atoms with van der Waals surface area (Å²) in [7, 11) is 0. The molecule has 0 N–H and O–H groups in total. The van der Waals surface area contributed by atoms with E-state index in [1.54, 1.807) is 0 Å². The van der Waals surface area contributed by atoms with Crippen molar-refractivity contribution >= 4 is 64.6 Å². The summed E-state index contributed by atoms with van der Waals surface area (Å²) in [6, 6.07) is 85.7. The molecule has 0 saturated heterocycles. The van der Waals surface area contributed by atoms with Gasteiger partial charge in [0.2, 0.25) is 0 Å². The summed E-state index contributed by atoms with van der Waals surface area (Å²) in [6.07, 6.45) is 0. The van der Waals surface area contributed by atoms with E-state index >= 15 is 0 Å². The molecule has 0 heteroatoms. The zero-order valence-corrected chi connectivity index (χ0v) is 33.9. The van der Waals surface area contributed by atoms with Gasteiger partial charge in [0.15, 0.2) is 0 Å². The minimum absolute atomic E-state index is 1.19. The zero-order chi connectivity index (χ0) is 40.7. The van der Waals surface area contributed by atoms with Crippen LogP contribution in [0.15, 0.2) is 231 Å². The van der Waals surface area contributed by atoms with Crippen LogP contribution in [0.3, 0.4) is 0 Å². The average molecular weight is 783 g/mol. The average Bonchev–Trinajstić information content (AvgIpc) is 3.35. The van der Waals surface area contributed by atoms with Crippen molar-refractivity contribution in [3.05, 3.63) is 231 Å². The van der Waals surface area contributed by atoms with Crippen LogP contribution in [0.1, 0.15) is 0 Å². The molecule has 0 aliphatic rings. The van der Waals surface area contributed by atoms with Crippen molar-refractivity contribution in [3.8, 4) is 66.8 Å².